The second-order valence-corrected chi connectivity index (χ2v) is 6.13. The molecule has 0 fully saturated rings. The van der Waals surface area contributed by atoms with Gasteiger partial charge in [-0.2, -0.15) is 0 Å². The standard InChI is InChI=1S/C20H17ClO3/c1-12-17(9-13-3-5-14(21)6-4-13)16-8-7-15(24-2)10-19(16)18(12)11-20(22)23/h3-10H,11H2,1-2H3,(H,22,23). The van der Waals surface area contributed by atoms with Gasteiger partial charge in [-0.25, -0.2) is 0 Å². The number of hydrogen-bond acceptors (Lipinski definition) is 2. The van der Waals surface area contributed by atoms with Gasteiger partial charge in [0.2, 0.25) is 0 Å². The second kappa shape index (κ2) is 6.54. The molecule has 1 aliphatic rings. The number of carboxylic acid groups (broad SMARTS) is 1. The summed E-state index contributed by atoms with van der Waals surface area (Å²) in [5, 5.41) is 9.94. The van der Waals surface area contributed by atoms with Crippen molar-refractivity contribution in [1.29, 1.82) is 0 Å². The molecule has 0 heterocycles. The number of fused-ring (bicyclic) bond motifs is 1. The average molecular weight is 341 g/mol. The summed E-state index contributed by atoms with van der Waals surface area (Å²) in [6.45, 7) is 1.96. The topological polar surface area (TPSA) is 46.5 Å². The lowest BCUT2D eigenvalue weighted by molar-refractivity contribution is -0.135. The maximum atomic E-state index is 11.3. The fourth-order valence-corrected chi connectivity index (χ4v) is 3.12. The molecule has 0 saturated carbocycles. The SMILES string of the molecule is COc1ccc2c(c1)C(CC(=O)O)=C(C)C2=Cc1ccc(Cl)cc1. The molecule has 2 aromatic carbocycles. The molecule has 122 valence electrons. The van der Waals surface area contributed by atoms with E-state index in [1.54, 1.807) is 7.11 Å². The zero-order valence-corrected chi connectivity index (χ0v) is 14.2. The lowest BCUT2D eigenvalue weighted by atomic mass is 10.0. The van der Waals surface area contributed by atoms with E-state index in [9.17, 15) is 9.90 Å². The van der Waals surface area contributed by atoms with Crippen molar-refractivity contribution in [1.82, 2.24) is 0 Å². The molecule has 0 unspecified atom stereocenters. The van der Waals surface area contributed by atoms with Crippen molar-refractivity contribution in [2.75, 3.05) is 7.11 Å². The van der Waals surface area contributed by atoms with Crippen molar-refractivity contribution in [2.45, 2.75) is 13.3 Å². The molecule has 2 aromatic rings. The van der Waals surface area contributed by atoms with Gasteiger partial charge in [-0.15, -0.1) is 0 Å². The fraction of sp³-hybridized carbons (Fsp3) is 0.150. The van der Waals surface area contributed by atoms with Crippen LogP contribution in [0.1, 0.15) is 30.0 Å². The van der Waals surface area contributed by atoms with E-state index < -0.39 is 5.97 Å². The van der Waals surface area contributed by atoms with Crippen molar-refractivity contribution in [3.05, 3.63) is 69.8 Å². The van der Waals surface area contributed by atoms with Crippen LogP contribution in [0.4, 0.5) is 0 Å². The molecule has 24 heavy (non-hydrogen) atoms. The predicted molar refractivity (Wildman–Crippen MR) is 97.2 cm³/mol. The van der Waals surface area contributed by atoms with Gasteiger partial charge in [-0.1, -0.05) is 29.8 Å². The number of hydrogen-bond donors (Lipinski definition) is 1. The largest absolute Gasteiger partial charge is 0.497 e. The predicted octanol–water partition coefficient (Wildman–Crippen LogP) is 5.15. The first-order valence-electron chi connectivity index (χ1n) is 7.57. The number of rotatable bonds is 4. The number of carbonyl (C=O) groups is 1. The number of methoxy groups -OCH3 is 1. The van der Waals surface area contributed by atoms with E-state index in [1.165, 1.54) is 0 Å². The quantitative estimate of drug-likeness (QED) is 0.837. The van der Waals surface area contributed by atoms with E-state index >= 15 is 0 Å². The van der Waals surface area contributed by atoms with Crippen LogP contribution in [0.2, 0.25) is 5.02 Å². The Hall–Kier alpha value is -2.52. The zero-order valence-electron chi connectivity index (χ0n) is 13.5. The Labute approximate surface area is 145 Å². The van der Waals surface area contributed by atoms with Gasteiger partial charge in [0.05, 0.1) is 13.5 Å². The van der Waals surface area contributed by atoms with E-state index in [4.69, 9.17) is 16.3 Å². The second-order valence-electron chi connectivity index (χ2n) is 5.70. The molecular weight excluding hydrogens is 324 g/mol. The van der Waals surface area contributed by atoms with Crippen LogP contribution in [0.3, 0.4) is 0 Å². The number of ether oxygens (including phenoxy) is 1. The normalized spacial score (nSPS) is 14.9. The van der Waals surface area contributed by atoms with Crippen molar-refractivity contribution in [3.8, 4) is 5.75 Å². The van der Waals surface area contributed by atoms with E-state index in [0.717, 1.165) is 39.2 Å². The monoisotopic (exact) mass is 340 g/mol. The van der Waals surface area contributed by atoms with E-state index in [2.05, 4.69) is 6.08 Å². The molecule has 0 aromatic heterocycles. The van der Waals surface area contributed by atoms with Gasteiger partial charge < -0.3 is 9.84 Å². The summed E-state index contributed by atoms with van der Waals surface area (Å²) >= 11 is 5.94. The maximum Gasteiger partial charge on any atom is 0.307 e. The van der Waals surface area contributed by atoms with E-state index in [0.29, 0.717) is 5.02 Å². The zero-order chi connectivity index (χ0) is 17.3. The minimum absolute atomic E-state index is 0.00996. The van der Waals surface area contributed by atoms with Crippen LogP contribution in [0.15, 0.2) is 48.0 Å². The van der Waals surface area contributed by atoms with Gasteiger partial charge in [0, 0.05) is 5.02 Å². The van der Waals surface area contributed by atoms with E-state index in [-0.39, 0.29) is 6.42 Å². The highest BCUT2D eigenvalue weighted by atomic mass is 35.5. The van der Waals surface area contributed by atoms with Crippen molar-refractivity contribution in [2.24, 2.45) is 0 Å². The third-order valence-electron chi connectivity index (χ3n) is 4.21. The highest BCUT2D eigenvalue weighted by Crippen LogP contribution is 2.44. The summed E-state index contributed by atoms with van der Waals surface area (Å²) in [5.74, 6) is -0.122. The molecule has 3 rings (SSSR count). The van der Waals surface area contributed by atoms with Crippen LogP contribution in [0.5, 0.6) is 5.75 Å². The van der Waals surface area contributed by atoms with Crippen LogP contribution in [0.25, 0.3) is 17.2 Å². The van der Waals surface area contributed by atoms with Gasteiger partial charge >= 0.3 is 5.97 Å². The third-order valence-corrected chi connectivity index (χ3v) is 4.46. The smallest absolute Gasteiger partial charge is 0.307 e. The van der Waals surface area contributed by atoms with Crippen LogP contribution in [0, 0.1) is 0 Å². The summed E-state index contributed by atoms with van der Waals surface area (Å²) in [4.78, 5) is 11.3. The van der Waals surface area contributed by atoms with Gasteiger partial charge in [0.25, 0.3) is 0 Å². The van der Waals surface area contributed by atoms with Gasteiger partial charge in [0.1, 0.15) is 5.75 Å². The maximum absolute atomic E-state index is 11.3. The molecule has 1 aliphatic carbocycles. The first-order chi connectivity index (χ1) is 11.5. The lowest BCUT2D eigenvalue weighted by Crippen LogP contribution is -1.97. The fourth-order valence-electron chi connectivity index (χ4n) is 2.99. The lowest BCUT2D eigenvalue weighted by Gasteiger charge is -2.07. The Morgan fingerprint density at radius 3 is 2.50 bits per heavy atom. The molecule has 1 N–H and O–H groups in total. The van der Waals surface area contributed by atoms with Crippen LogP contribution in [-0.2, 0) is 4.79 Å². The molecule has 0 amide bonds. The number of allylic oxidation sites excluding steroid dienone is 2. The van der Waals surface area contributed by atoms with Crippen LogP contribution < -0.4 is 4.74 Å². The van der Waals surface area contributed by atoms with Gasteiger partial charge in [-0.05, 0) is 70.7 Å². The molecule has 4 heteroatoms. The molecule has 0 saturated heterocycles. The third kappa shape index (κ3) is 3.08. The van der Waals surface area contributed by atoms with E-state index in [1.807, 2.05) is 49.4 Å². The van der Waals surface area contributed by atoms with Crippen LogP contribution >= 0.6 is 11.6 Å². The van der Waals surface area contributed by atoms with Crippen molar-refractivity contribution < 1.29 is 14.6 Å². The molecule has 0 atom stereocenters. The Morgan fingerprint density at radius 1 is 1.17 bits per heavy atom. The van der Waals surface area contributed by atoms with Crippen molar-refractivity contribution in [3.63, 3.8) is 0 Å². The van der Waals surface area contributed by atoms with Crippen molar-refractivity contribution >= 4 is 34.8 Å². The highest BCUT2D eigenvalue weighted by molar-refractivity contribution is 6.30. The molecule has 3 nitrogen and oxygen atoms in total. The minimum Gasteiger partial charge on any atom is -0.497 e. The minimum atomic E-state index is -0.842. The summed E-state index contributed by atoms with van der Waals surface area (Å²) < 4.78 is 5.29. The van der Waals surface area contributed by atoms with Gasteiger partial charge in [-0.3, -0.25) is 4.79 Å². The summed E-state index contributed by atoms with van der Waals surface area (Å²) in [7, 11) is 1.61. The Balaban J connectivity index is 2.15. The highest BCUT2D eigenvalue weighted by Gasteiger charge is 2.25. The number of carboxylic acids is 1. The number of halogens is 1. The molecule has 0 aliphatic heterocycles. The van der Waals surface area contributed by atoms with Gasteiger partial charge in [0.15, 0.2) is 0 Å². The molecule has 0 radical (unpaired) electrons. The average Bonchev–Trinajstić information content (AvgIpc) is 2.81. The number of benzene rings is 2. The first-order valence-corrected chi connectivity index (χ1v) is 7.95. The number of aliphatic carboxylic acids is 1. The Morgan fingerprint density at radius 2 is 1.88 bits per heavy atom. The summed E-state index contributed by atoms with van der Waals surface area (Å²) in [6, 6.07) is 13.4. The summed E-state index contributed by atoms with van der Waals surface area (Å²) in [5.41, 5.74) is 5.82. The molecular formula is C20H17ClO3. The molecule has 0 bridgehead atoms. The summed E-state index contributed by atoms with van der Waals surface area (Å²) in [6.07, 6.45) is 2.05. The Bertz CT molecular complexity index is 861. The Kier molecular flexibility index (Phi) is 4.45. The van der Waals surface area contributed by atoms with Crippen LogP contribution in [-0.4, -0.2) is 18.2 Å². The molecule has 0 spiro atoms. The first kappa shape index (κ1) is 16.3.